The van der Waals surface area contributed by atoms with Crippen LogP contribution in [-0.2, 0) is 12.0 Å². The summed E-state index contributed by atoms with van der Waals surface area (Å²) in [6.07, 6.45) is 0. The summed E-state index contributed by atoms with van der Waals surface area (Å²) in [5, 5.41) is 3.32. The van der Waals surface area contributed by atoms with Crippen molar-refractivity contribution in [1.82, 2.24) is 5.32 Å². The van der Waals surface area contributed by atoms with E-state index in [4.69, 9.17) is 0 Å². The molecule has 0 spiro atoms. The van der Waals surface area contributed by atoms with Gasteiger partial charge in [-0.15, -0.1) is 0 Å². The SMILES string of the molecule is Cc1cccc2c1C(C)(C)C1(C)NC(=O)c3ccccc3CN21. The van der Waals surface area contributed by atoms with Gasteiger partial charge in [0.15, 0.2) is 0 Å². The van der Waals surface area contributed by atoms with Gasteiger partial charge in [0.1, 0.15) is 5.66 Å². The second-order valence-electron chi connectivity index (χ2n) is 7.36. The number of aryl methyl sites for hydroxylation is 1. The zero-order chi connectivity index (χ0) is 16.4. The molecule has 2 aliphatic heterocycles. The number of hydrogen-bond acceptors (Lipinski definition) is 2. The zero-order valence-electron chi connectivity index (χ0n) is 14.1. The number of anilines is 1. The fraction of sp³-hybridized carbons (Fsp3) is 0.350. The third-order valence-electron chi connectivity index (χ3n) is 5.87. The first-order valence-corrected chi connectivity index (χ1v) is 8.14. The van der Waals surface area contributed by atoms with Crippen molar-refractivity contribution in [3.8, 4) is 0 Å². The molecule has 0 aromatic heterocycles. The lowest BCUT2D eigenvalue weighted by molar-refractivity contribution is 0.0872. The largest absolute Gasteiger partial charge is 0.343 e. The number of fused-ring (bicyclic) bond motifs is 4. The van der Waals surface area contributed by atoms with Gasteiger partial charge in [-0.1, -0.05) is 44.2 Å². The molecule has 3 heteroatoms. The monoisotopic (exact) mass is 306 g/mol. The molecule has 0 radical (unpaired) electrons. The van der Waals surface area contributed by atoms with Crippen LogP contribution in [0.2, 0.25) is 0 Å². The first-order chi connectivity index (χ1) is 10.9. The first-order valence-electron chi connectivity index (χ1n) is 8.14. The van der Waals surface area contributed by atoms with Crippen LogP contribution in [-0.4, -0.2) is 11.6 Å². The smallest absolute Gasteiger partial charge is 0.253 e. The van der Waals surface area contributed by atoms with Crippen molar-refractivity contribution < 1.29 is 4.79 Å². The summed E-state index contributed by atoms with van der Waals surface area (Å²) in [5.74, 6) is 0.0177. The van der Waals surface area contributed by atoms with E-state index in [0.717, 1.165) is 17.7 Å². The van der Waals surface area contributed by atoms with E-state index >= 15 is 0 Å². The summed E-state index contributed by atoms with van der Waals surface area (Å²) >= 11 is 0. The van der Waals surface area contributed by atoms with Crippen molar-refractivity contribution in [3.05, 3.63) is 64.7 Å². The minimum Gasteiger partial charge on any atom is -0.343 e. The highest BCUT2D eigenvalue weighted by Crippen LogP contribution is 2.52. The second-order valence-corrected chi connectivity index (χ2v) is 7.36. The molecule has 0 saturated carbocycles. The molecule has 0 fully saturated rings. The summed E-state index contributed by atoms with van der Waals surface area (Å²) in [6, 6.07) is 14.4. The van der Waals surface area contributed by atoms with Crippen molar-refractivity contribution in [2.75, 3.05) is 4.90 Å². The molecule has 2 aliphatic rings. The quantitative estimate of drug-likeness (QED) is 0.804. The van der Waals surface area contributed by atoms with Crippen LogP contribution in [0.4, 0.5) is 5.69 Å². The van der Waals surface area contributed by atoms with Crippen LogP contribution in [0.15, 0.2) is 42.5 Å². The van der Waals surface area contributed by atoms with Crippen molar-refractivity contribution in [1.29, 1.82) is 0 Å². The molecule has 1 N–H and O–H groups in total. The molecule has 2 aromatic carbocycles. The van der Waals surface area contributed by atoms with Crippen LogP contribution in [0, 0.1) is 6.92 Å². The molecule has 1 amide bonds. The molecule has 0 aliphatic carbocycles. The van der Waals surface area contributed by atoms with Gasteiger partial charge in [-0.25, -0.2) is 0 Å². The maximum absolute atomic E-state index is 12.8. The van der Waals surface area contributed by atoms with Gasteiger partial charge < -0.3 is 10.2 Å². The van der Waals surface area contributed by atoms with E-state index in [1.54, 1.807) is 0 Å². The van der Waals surface area contributed by atoms with Gasteiger partial charge in [-0.2, -0.15) is 0 Å². The fourth-order valence-corrected chi connectivity index (χ4v) is 4.32. The number of benzene rings is 2. The van der Waals surface area contributed by atoms with Crippen LogP contribution in [0.5, 0.6) is 0 Å². The Labute approximate surface area is 137 Å². The van der Waals surface area contributed by atoms with Crippen molar-refractivity contribution in [2.45, 2.75) is 45.3 Å². The number of amides is 1. The van der Waals surface area contributed by atoms with Crippen LogP contribution < -0.4 is 10.2 Å². The maximum Gasteiger partial charge on any atom is 0.253 e. The minimum absolute atomic E-state index is 0.0177. The average Bonchev–Trinajstić information content (AvgIpc) is 2.60. The van der Waals surface area contributed by atoms with Crippen molar-refractivity contribution in [2.24, 2.45) is 0 Å². The molecular weight excluding hydrogens is 284 g/mol. The molecule has 1 unspecified atom stereocenters. The first kappa shape index (κ1) is 14.3. The van der Waals surface area contributed by atoms with Crippen LogP contribution in [0.25, 0.3) is 0 Å². The summed E-state index contributed by atoms with van der Waals surface area (Å²) in [4.78, 5) is 15.2. The van der Waals surface area contributed by atoms with E-state index in [0.29, 0.717) is 0 Å². The van der Waals surface area contributed by atoms with Gasteiger partial charge >= 0.3 is 0 Å². The predicted molar refractivity (Wildman–Crippen MR) is 92.7 cm³/mol. The standard InChI is InChI=1S/C20H22N2O/c1-13-8-7-11-16-17(13)19(2,3)20(4)21-18(23)15-10-6-5-9-14(15)12-22(16)20/h5-11H,12H2,1-4H3,(H,21,23). The highest BCUT2D eigenvalue weighted by atomic mass is 16.2. The Kier molecular flexibility index (Phi) is 2.72. The number of nitrogens with one attached hydrogen (secondary N) is 1. The minimum atomic E-state index is -0.447. The molecule has 23 heavy (non-hydrogen) atoms. The second kappa shape index (κ2) is 4.38. The molecular formula is C20H22N2O. The summed E-state index contributed by atoms with van der Waals surface area (Å²) in [6.45, 7) is 9.51. The lowest BCUT2D eigenvalue weighted by Gasteiger charge is -2.44. The number of carbonyl (C=O) groups is 1. The van der Waals surface area contributed by atoms with E-state index < -0.39 is 5.66 Å². The summed E-state index contributed by atoms with van der Waals surface area (Å²) in [5.41, 5.74) is 5.09. The molecule has 0 bridgehead atoms. The molecule has 3 nitrogen and oxygen atoms in total. The van der Waals surface area contributed by atoms with Gasteiger partial charge in [0.2, 0.25) is 0 Å². The fourth-order valence-electron chi connectivity index (χ4n) is 4.32. The zero-order valence-corrected chi connectivity index (χ0v) is 14.1. The summed E-state index contributed by atoms with van der Waals surface area (Å²) in [7, 11) is 0. The Morgan fingerprint density at radius 1 is 1.04 bits per heavy atom. The summed E-state index contributed by atoms with van der Waals surface area (Å²) < 4.78 is 0. The normalized spacial score (nSPS) is 24.3. The molecule has 0 saturated heterocycles. The number of nitrogens with zero attached hydrogens (tertiary/aromatic N) is 1. The molecule has 2 heterocycles. The lowest BCUT2D eigenvalue weighted by atomic mass is 9.75. The topological polar surface area (TPSA) is 32.3 Å². The van der Waals surface area contributed by atoms with Crippen LogP contribution in [0.3, 0.4) is 0 Å². The maximum atomic E-state index is 12.8. The van der Waals surface area contributed by atoms with E-state index in [2.05, 4.69) is 62.2 Å². The van der Waals surface area contributed by atoms with E-state index in [-0.39, 0.29) is 11.3 Å². The number of rotatable bonds is 0. The van der Waals surface area contributed by atoms with Gasteiger partial charge in [0.25, 0.3) is 5.91 Å². The molecule has 4 rings (SSSR count). The van der Waals surface area contributed by atoms with Gasteiger partial charge in [-0.05, 0) is 42.7 Å². The highest BCUT2D eigenvalue weighted by Gasteiger charge is 2.56. The predicted octanol–water partition coefficient (Wildman–Crippen LogP) is 3.75. The highest BCUT2D eigenvalue weighted by molar-refractivity contribution is 5.98. The van der Waals surface area contributed by atoms with Crippen LogP contribution in [0.1, 0.15) is 47.8 Å². The average molecular weight is 306 g/mol. The van der Waals surface area contributed by atoms with Gasteiger partial charge in [-0.3, -0.25) is 4.79 Å². The number of hydrogen-bond donors (Lipinski definition) is 1. The molecule has 1 atom stereocenters. The molecule has 118 valence electrons. The Hall–Kier alpha value is -2.29. The van der Waals surface area contributed by atoms with Crippen LogP contribution >= 0.6 is 0 Å². The Morgan fingerprint density at radius 2 is 1.78 bits per heavy atom. The van der Waals surface area contributed by atoms with E-state index in [1.165, 1.54) is 16.8 Å². The number of carbonyl (C=O) groups excluding carboxylic acids is 1. The van der Waals surface area contributed by atoms with Crippen molar-refractivity contribution in [3.63, 3.8) is 0 Å². The van der Waals surface area contributed by atoms with E-state index in [1.807, 2.05) is 18.2 Å². The lowest BCUT2D eigenvalue weighted by Crippen LogP contribution is -2.63. The Balaban J connectivity index is 1.98. The third kappa shape index (κ3) is 1.68. The molecule has 2 aromatic rings. The van der Waals surface area contributed by atoms with Gasteiger partial charge in [0, 0.05) is 23.2 Å². The van der Waals surface area contributed by atoms with Crippen molar-refractivity contribution >= 4 is 11.6 Å². The third-order valence-corrected chi connectivity index (χ3v) is 5.87. The Bertz CT molecular complexity index is 824. The Morgan fingerprint density at radius 3 is 2.57 bits per heavy atom. The van der Waals surface area contributed by atoms with Gasteiger partial charge in [0.05, 0.1) is 0 Å². The van der Waals surface area contributed by atoms with E-state index in [9.17, 15) is 4.79 Å².